The lowest BCUT2D eigenvalue weighted by atomic mass is 10.2. The van der Waals surface area contributed by atoms with Crippen molar-refractivity contribution in [2.24, 2.45) is 7.05 Å². The Bertz CT molecular complexity index is 541. The van der Waals surface area contributed by atoms with Crippen LogP contribution in [0.15, 0.2) is 12.3 Å². The van der Waals surface area contributed by atoms with Gasteiger partial charge in [0.05, 0.1) is 12.2 Å². The van der Waals surface area contributed by atoms with Gasteiger partial charge in [0, 0.05) is 19.8 Å². The van der Waals surface area contributed by atoms with Crippen molar-refractivity contribution in [3.8, 4) is 0 Å². The number of urea groups is 1. The standard InChI is InChI=1S/C11H15N5O4/c1-15-7(2-3-14-15)4-13-11(20)16-6-9(17)12-5-8(16)10(18)19/h2-3,8H,4-6H2,1H3,(H,12,17)(H,13,20)(H,18,19). The molecule has 1 saturated heterocycles. The average Bonchev–Trinajstić information content (AvgIpc) is 2.81. The topological polar surface area (TPSA) is 117 Å². The summed E-state index contributed by atoms with van der Waals surface area (Å²) in [6.07, 6.45) is 1.59. The van der Waals surface area contributed by atoms with Crippen LogP contribution < -0.4 is 10.6 Å². The van der Waals surface area contributed by atoms with E-state index in [1.807, 2.05) is 0 Å². The number of carboxylic acids is 1. The molecule has 1 aliphatic rings. The summed E-state index contributed by atoms with van der Waals surface area (Å²) in [6.45, 7) is -0.152. The SMILES string of the molecule is Cn1nccc1CNC(=O)N1CC(=O)NCC1C(=O)O. The number of hydrogen-bond acceptors (Lipinski definition) is 4. The Morgan fingerprint density at radius 1 is 1.60 bits per heavy atom. The van der Waals surface area contributed by atoms with Gasteiger partial charge in [-0.25, -0.2) is 9.59 Å². The second-order valence-corrected chi connectivity index (χ2v) is 4.39. The Morgan fingerprint density at radius 2 is 2.35 bits per heavy atom. The highest BCUT2D eigenvalue weighted by molar-refractivity contribution is 5.90. The van der Waals surface area contributed by atoms with Crippen LogP contribution in [0, 0.1) is 0 Å². The number of carbonyl (C=O) groups excluding carboxylic acids is 2. The molecular formula is C11H15N5O4. The van der Waals surface area contributed by atoms with Gasteiger partial charge in [-0.15, -0.1) is 0 Å². The van der Waals surface area contributed by atoms with Gasteiger partial charge in [0.1, 0.15) is 12.6 Å². The van der Waals surface area contributed by atoms with Gasteiger partial charge in [-0.2, -0.15) is 5.10 Å². The first-order chi connectivity index (χ1) is 9.49. The highest BCUT2D eigenvalue weighted by Crippen LogP contribution is 2.05. The normalized spacial score (nSPS) is 18.6. The summed E-state index contributed by atoms with van der Waals surface area (Å²) in [7, 11) is 1.73. The van der Waals surface area contributed by atoms with Crippen molar-refractivity contribution >= 4 is 17.9 Å². The molecular weight excluding hydrogens is 266 g/mol. The molecule has 0 saturated carbocycles. The van der Waals surface area contributed by atoms with E-state index in [0.717, 1.165) is 10.6 Å². The molecule has 3 N–H and O–H groups in total. The average molecular weight is 281 g/mol. The van der Waals surface area contributed by atoms with Gasteiger partial charge >= 0.3 is 12.0 Å². The Kier molecular flexibility index (Phi) is 3.87. The first-order valence-corrected chi connectivity index (χ1v) is 6.00. The molecule has 0 radical (unpaired) electrons. The third kappa shape index (κ3) is 2.87. The van der Waals surface area contributed by atoms with Crippen LogP contribution in [0.5, 0.6) is 0 Å². The van der Waals surface area contributed by atoms with E-state index in [1.165, 1.54) is 0 Å². The van der Waals surface area contributed by atoms with Gasteiger partial charge in [0.15, 0.2) is 0 Å². The molecule has 20 heavy (non-hydrogen) atoms. The van der Waals surface area contributed by atoms with E-state index in [9.17, 15) is 14.4 Å². The van der Waals surface area contributed by atoms with E-state index in [4.69, 9.17) is 5.11 Å². The van der Waals surface area contributed by atoms with Crippen LogP contribution in [0.2, 0.25) is 0 Å². The zero-order valence-corrected chi connectivity index (χ0v) is 10.9. The third-order valence-electron chi connectivity index (χ3n) is 3.07. The fraction of sp³-hybridized carbons (Fsp3) is 0.455. The van der Waals surface area contributed by atoms with Crippen LogP contribution in [-0.2, 0) is 23.2 Å². The third-order valence-corrected chi connectivity index (χ3v) is 3.07. The van der Waals surface area contributed by atoms with Crippen LogP contribution in [-0.4, -0.2) is 56.8 Å². The molecule has 1 aliphatic heterocycles. The van der Waals surface area contributed by atoms with E-state index in [0.29, 0.717) is 0 Å². The van der Waals surface area contributed by atoms with Gasteiger partial charge in [-0.1, -0.05) is 0 Å². The molecule has 1 atom stereocenters. The van der Waals surface area contributed by atoms with Crippen molar-refractivity contribution in [3.63, 3.8) is 0 Å². The van der Waals surface area contributed by atoms with E-state index in [-0.39, 0.29) is 25.5 Å². The molecule has 1 aromatic heterocycles. The molecule has 2 rings (SSSR count). The van der Waals surface area contributed by atoms with Crippen molar-refractivity contribution in [1.29, 1.82) is 0 Å². The number of nitrogens with one attached hydrogen (secondary N) is 2. The van der Waals surface area contributed by atoms with E-state index in [2.05, 4.69) is 15.7 Å². The van der Waals surface area contributed by atoms with Crippen molar-refractivity contribution in [3.05, 3.63) is 18.0 Å². The van der Waals surface area contributed by atoms with E-state index >= 15 is 0 Å². The molecule has 9 heteroatoms. The van der Waals surface area contributed by atoms with Crippen molar-refractivity contribution in [1.82, 2.24) is 25.3 Å². The molecule has 0 spiro atoms. The first-order valence-electron chi connectivity index (χ1n) is 6.00. The summed E-state index contributed by atoms with van der Waals surface area (Å²) in [5, 5.41) is 18.0. The number of amides is 3. The minimum Gasteiger partial charge on any atom is -0.480 e. The maximum Gasteiger partial charge on any atom is 0.328 e. The zero-order chi connectivity index (χ0) is 14.7. The van der Waals surface area contributed by atoms with E-state index in [1.54, 1.807) is 24.0 Å². The quantitative estimate of drug-likeness (QED) is 0.624. The summed E-state index contributed by atoms with van der Waals surface area (Å²) >= 11 is 0. The monoisotopic (exact) mass is 281 g/mol. The molecule has 1 unspecified atom stereocenters. The van der Waals surface area contributed by atoms with Crippen LogP contribution in [0.4, 0.5) is 4.79 Å². The predicted molar refractivity (Wildman–Crippen MR) is 66.6 cm³/mol. The Balaban J connectivity index is 2.00. The Labute approximate surface area is 114 Å². The van der Waals surface area contributed by atoms with Crippen LogP contribution >= 0.6 is 0 Å². The van der Waals surface area contributed by atoms with Gasteiger partial charge in [0.25, 0.3) is 0 Å². The summed E-state index contributed by atoms with van der Waals surface area (Å²) in [6, 6.07) is 0.0883. The minimum atomic E-state index is -1.15. The molecule has 3 amide bonds. The van der Waals surface area contributed by atoms with Crippen LogP contribution in [0.1, 0.15) is 5.69 Å². The summed E-state index contributed by atoms with van der Waals surface area (Å²) in [5.41, 5.74) is 0.770. The smallest absolute Gasteiger partial charge is 0.328 e. The van der Waals surface area contributed by atoms with E-state index < -0.39 is 18.0 Å². The number of aryl methyl sites for hydroxylation is 1. The fourth-order valence-corrected chi connectivity index (χ4v) is 1.92. The first kappa shape index (κ1) is 13.8. The summed E-state index contributed by atoms with van der Waals surface area (Å²) in [4.78, 5) is 35.4. The molecule has 2 heterocycles. The molecule has 0 bridgehead atoms. The number of aromatic nitrogens is 2. The highest BCUT2D eigenvalue weighted by atomic mass is 16.4. The Hall–Kier alpha value is -2.58. The summed E-state index contributed by atoms with van der Waals surface area (Å²) in [5.74, 6) is -1.53. The number of rotatable bonds is 3. The lowest BCUT2D eigenvalue weighted by Crippen LogP contribution is -2.61. The molecule has 1 aromatic rings. The Morgan fingerprint density at radius 3 is 2.95 bits per heavy atom. The van der Waals surface area contributed by atoms with Crippen molar-refractivity contribution in [2.75, 3.05) is 13.1 Å². The highest BCUT2D eigenvalue weighted by Gasteiger charge is 2.35. The van der Waals surface area contributed by atoms with Gasteiger partial charge in [-0.3, -0.25) is 14.4 Å². The van der Waals surface area contributed by atoms with Crippen LogP contribution in [0.3, 0.4) is 0 Å². The second kappa shape index (κ2) is 5.59. The molecule has 0 aromatic carbocycles. The summed E-state index contributed by atoms with van der Waals surface area (Å²) < 4.78 is 1.60. The maximum atomic E-state index is 12.0. The number of aliphatic carboxylic acids is 1. The minimum absolute atomic E-state index is 0.0900. The molecule has 1 fully saturated rings. The number of carbonyl (C=O) groups is 3. The second-order valence-electron chi connectivity index (χ2n) is 4.39. The largest absolute Gasteiger partial charge is 0.480 e. The molecule has 108 valence electrons. The van der Waals surface area contributed by atoms with Crippen molar-refractivity contribution < 1.29 is 19.5 Å². The van der Waals surface area contributed by atoms with Crippen LogP contribution in [0.25, 0.3) is 0 Å². The lowest BCUT2D eigenvalue weighted by Gasteiger charge is -2.32. The molecule has 9 nitrogen and oxygen atoms in total. The van der Waals surface area contributed by atoms with Gasteiger partial charge in [-0.05, 0) is 6.07 Å². The number of carboxylic acid groups (broad SMARTS) is 1. The molecule has 0 aliphatic carbocycles. The number of nitrogens with zero attached hydrogens (tertiary/aromatic N) is 3. The van der Waals surface area contributed by atoms with Crippen molar-refractivity contribution in [2.45, 2.75) is 12.6 Å². The lowest BCUT2D eigenvalue weighted by molar-refractivity contribution is -0.144. The maximum absolute atomic E-state index is 12.0. The predicted octanol–water partition coefficient (Wildman–Crippen LogP) is -1.49. The zero-order valence-electron chi connectivity index (χ0n) is 10.9. The fourth-order valence-electron chi connectivity index (χ4n) is 1.92. The number of hydrogen-bond donors (Lipinski definition) is 3. The van der Waals surface area contributed by atoms with Gasteiger partial charge in [0.2, 0.25) is 5.91 Å². The number of piperazine rings is 1. The van der Waals surface area contributed by atoms with Gasteiger partial charge < -0.3 is 15.7 Å².